The van der Waals surface area contributed by atoms with Crippen molar-refractivity contribution in [3.05, 3.63) is 48.5 Å². The first-order chi connectivity index (χ1) is 16.4. The van der Waals surface area contributed by atoms with Crippen LogP contribution in [0.25, 0.3) is 0 Å². The van der Waals surface area contributed by atoms with Crippen molar-refractivity contribution >= 4 is 11.7 Å². The topological polar surface area (TPSA) is 68.8 Å². The molecule has 2 N–H and O–H groups in total. The van der Waals surface area contributed by atoms with E-state index in [0.717, 1.165) is 24.3 Å². The van der Waals surface area contributed by atoms with E-state index in [9.17, 15) is 31.1 Å². The van der Waals surface area contributed by atoms with Crippen LogP contribution >= 0.6 is 0 Å². The van der Waals surface area contributed by atoms with Gasteiger partial charge in [-0.25, -0.2) is 4.79 Å². The number of carbonyl (C=O) groups excluding carboxylic acids is 1. The molecule has 35 heavy (non-hydrogen) atoms. The summed E-state index contributed by atoms with van der Waals surface area (Å²) in [6.07, 6.45) is -7.40. The zero-order chi connectivity index (χ0) is 26.1. The number of carbonyl (C=O) groups is 1. The Labute approximate surface area is 198 Å². The minimum atomic E-state index is -4.83. The highest BCUT2D eigenvalue weighted by Crippen LogP contribution is 2.28. The zero-order valence-electron chi connectivity index (χ0n) is 19.0. The van der Waals surface area contributed by atoms with E-state index in [1.807, 2.05) is 13.8 Å². The predicted octanol–water partition coefficient (Wildman–Crippen LogP) is 7.02. The molecule has 6 nitrogen and oxygen atoms in total. The molecule has 3 rings (SSSR count). The van der Waals surface area contributed by atoms with Crippen LogP contribution in [0.1, 0.15) is 39.5 Å². The largest absolute Gasteiger partial charge is 0.573 e. The second-order valence-electron chi connectivity index (χ2n) is 7.28. The number of hydrogen-bond donors (Lipinski definition) is 2. The third kappa shape index (κ3) is 10.7. The molecule has 1 fully saturated rings. The molecular weight excluding hydrogens is 482 g/mol. The summed E-state index contributed by atoms with van der Waals surface area (Å²) >= 11 is 0. The van der Waals surface area contributed by atoms with E-state index in [0.29, 0.717) is 31.4 Å². The standard InChI is InChI=1S/C21H20F6N2O4.C2H6/c22-20(23,24)32-17-10-8-16(9-11-17)31-15-6-4-13(5-7-15)28-19(30)29-14-2-1-3-18(12-14)33-21(25,26)27;1-2/h1-3,8-13,15H,4-7H2,(H2,28,29,30);1-2H3. The van der Waals surface area contributed by atoms with Crippen LogP contribution in [0.15, 0.2) is 48.5 Å². The van der Waals surface area contributed by atoms with E-state index < -0.39 is 24.5 Å². The van der Waals surface area contributed by atoms with Gasteiger partial charge in [0.05, 0.1) is 6.10 Å². The zero-order valence-corrected chi connectivity index (χ0v) is 19.0. The molecule has 1 aliphatic rings. The lowest BCUT2D eigenvalue weighted by Crippen LogP contribution is -2.41. The number of benzene rings is 2. The summed E-state index contributed by atoms with van der Waals surface area (Å²) in [6, 6.07) is 9.29. The van der Waals surface area contributed by atoms with Crippen molar-refractivity contribution in [3.8, 4) is 17.2 Å². The van der Waals surface area contributed by atoms with E-state index in [1.165, 1.54) is 24.3 Å². The maximum absolute atomic E-state index is 12.3. The van der Waals surface area contributed by atoms with Crippen molar-refractivity contribution in [2.75, 3.05) is 5.32 Å². The Balaban J connectivity index is 0.00000210. The van der Waals surface area contributed by atoms with Gasteiger partial charge in [-0.2, -0.15) is 0 Å². The van der Waals surface area contributed by atoms with Crippen LogP contribution in [0.4, 0.5) is 36.8 Å². The van der Waals surface area contributed by atoms with Gasteiger partial charge in [0, 0.05) is 17.8 Å². The molecule has 0 unspecified atom stereocenters. The number of ether oxygens (including phenoxy) is 3. The smallest absolute Gasteiger partial charge is 0.490 e. The van der Waals surface area contributed by atoms with Crippen LogP contribution in [0.2, 0.25) is 0 Å². The number of anilines is 1. The summed E-state index contributed by atoms with van der Waals surface area (Å²) in [5, 5.41) is 5.22. The highest BCUT2D eigenvalue weighted by molar-refractivity contribution is 5.89. The number of urea groups is 1. The van der Waals surface area contributed by atoms with Gasteiger partial charge in [0.15, 0.2) is 0 Å². The maximum Gasteiger partial charge on any atom is 0.573 e. The van der Waals surface area contributed by atoms with Crippen LogP contribution in [0, 0.1) is 0 Å². The number of amides is 2. The number of halogens is 6. The van der Waals surface area contributed by atoms with Crippen molar-refractivity contribution < 1.29 is 45.3 Å². The second kappa shape index (κ2) is 12.4. The molecule has 194 valence electrons. The summed E-state index contributed by atoms with van der Waals surface area (Å²) in [5.41, 5.74) is 0.143. The lowest BCUT2D eigenvalue weighted by atomic mass is 9.93. The Morgan fingerprint density at radius 1 is 0.800 bits per heavy atom. The van der Waals surface area contributed by atoms with Crippen molar-refractivity contribution in [2.24, 2.45) is 0 Å². The highest BCUT2D eigenvalue weighted by atomic mass is 19.4. The van der Waals surface area contributed by atoms with Crippen molar-refractivity contribution in [2.45, 2.75) is 64.4 Å². The molecule has 0 spiro atoms. The SMILES string of the molecule is CC.O=C(Nc1cccc(OC(F)(F)F)c1)NC1CCC(Oc2ccc(OC(F)(F)F)cc2)CC1. The summed E-state index contributed by atoms with van der Waals surface area (Å²) in [6.45, 7) is 4.00. The van der Waals surface area contributed by atoms with Gasteiger partial charge < -0.3 is 24.8 Å². The van der Waals surface area contributed by atoms with E-state index in [1.54, 1.807) is 0 Å². The molecule has 0 heterocycles. The van der Waals surface area contributed by atoms with Gasteiger partial charge in [0.2, 0.25) is 0 Å². The number of alkyl halides is 6. The predicted molar refractivity (Wildman–Crippen MR) is 116 cm³/mol. The molecule has 1 saturated carbocycles. The van der Waals surface area contributed by atoms with Crippen LogP contribution in [-0.4, -0.2) is 30.9 Å². The number of rotatable bonds is 6. The molecule has 0 bridgehead atoms. The average Bonchev–Trinajstić information content (AvgIpc) is 2.76. The average molecular weight is 508 g/mol. The molecule has 0 atom stereocenters. The summed E-state index contributed by atoms with van der Waals surface area (Å²) in [5.74, 6) is -0.389. The first-order valence-corrected chi connectivity index (χ1v) is 10.9. The minimum absolute atomic E-state index is 0.143. The Hall–Kier alpha value is -3.31. The molecular formula is C23H26F6N2O4. The third-order valence-electron chi connectivity index (χ3n) is 4.69. The monoisotopic (exact) mass is 508 g/mol. The maximum atomic E-state index is 12.3. The number of nitrogens with one attached hydrogen (secondary N) is 2. The fourth-order valence-corrected chi connectivity index (χ4v) is 3.36. The van der Waals surface area contributed by atoms with Crippen LogP contribution in [0.3, 0.4) is 0 Å². The molecule has 12 heteroatoms. The van der Waals surface area contributed by atoms with Gasteiger partial charge in [0.1, 0.15) is 17.2 Å². The third-order valence-corrected chi connectivity index (χ3v) is 4.69. The molecule has 2 aromatic carbocycles. The van der Waals surface area contributed by atoms with Gasteiger partial charge in [-0.05, 0) is 62.1 Å². The van der Waals surface area contributed by atoms with Crippen LogP contribution in [-0.2, 0) is 0 Å². The molecule has 2 aromatic rings. The normalized spacial score (nSPS) is 17.9. The first-order valence-electron chi connectivity index (χ1n) is 10.9. The van der Waals surface area contributed by atoms with E-state index in [2.05, 4.69) is 20.1 Å². The molecule has 2 amide bonds. The van der Waals surface area contributed by atoms with E-state index >= 15 is 0 Å². The van der Waals surface area contributed by atoms with Crippen molar-refractivity contribution in [3.63, 3.8) is 0 Å². The Morgan fingerprint density at radius 3 is 1.91 bits per heavy atom. The molecule has 1 aliphatic carbocycles. The lowest BCUT2D eigenvalue weighted by Gasteiger charge is -2.29. The van der Waals surface area contributed by atoms with Crippen LogP contribution < -0.4 is 24.8 Å². The lowest BCUT2D eigenvalue weighted by molar-refractivity contribution is -0.275. The molecule has 0 saturated heterocycles. The van der Waals surface area contributed by atoms with Gasteiger partial charge in [-0.3, -0.25) is 0 Å². The minimum Gasteiger partial charge on any atom is -0.490 e. The Kier molecular flexibility index (Phi) is 9.90. The van der Waals surface area contributed by atoms with Gasteiger partial charge in [-0.15, -0.1) is 26.3 Å². The summed E-state index contributed by atoms with van der Waals surface area (Å²) in [4.78, 5) is 12.2. The fraction of sp³-hybridized carbons (Fsp3) is 0.435. The second-order valence-corrected chi connectivity index (χ2v) is 7.28. The van der Waals surface area contributed by atoms with Gasteiger partial charge in [0.25, 0.3) is 0 Å². The fourth-order valence-electron chi connectivity index (χ4n) is 3.36. The Morgan fingerprint density at radius 2 is 1.34 bits per heavy atom. The van der Waals surface area contributed by atoms with Gasteiger partial charge >= 0.3 is 18.8 Å². The van der Waals surface area contributed by atoms with Crippen LogP contribution in [0.5, 0.6) is 17.2 Å². The molecule has 0 aromatic heterocycles. The first kappa shape index (κ1) is 27.9. The number of hydrogen-bond acceptors (Lipinski definition) is 4. The van der Waals surface area contributed by atoms with E-state index in [4.69, 9.17) is 4.74 Å². The van der Waals surface area contributed by atoms with E-state index in [-0.39, 0.29) is 23.6 Å². The van der Waals surface area contributed by atoms with Crippen molar-refractivity contribution in [1.82, 2.24) is 5.32 Å². The highest BCUT2D eigenvalue weighted by Gasteiger charge is 2.32. The molecule has 0 radical (unpaired) electrons. The molecule has 0 aliphatic heterocycles. The quantitative estimate of drug-likeness (QED) is 0.412. The van der Waals surface area contributed by atoms with Gasteiger partial charge in [-0.1, -0.05) is 19.9 Å². The van der Waals surface area contributed by atoms with Crippen molar-refractivity contribution in [1.29, 1.82) is 0 Å². The summed E-state index contributed by atoms with van der Waals surface area (Å²) < 4.78 is 87.0. The summed E-state index contributed by atoms with van der Waals surface area (Å²) in [7, 11) is 0. The Bertz CT molecular complexity index is 927.